The van der Waals surface area contributed by atoms with Gasteiger partial charge in [-0.3, -0.25) is 4.79 Å². The molecule has 1 unspecified atom stereocenters. The highest BCUT2D eigenvalue weighted by molar-refractivity contribution is 7.09. The fraction of sp³-hybridized carbons (Fsp3) is 0.312. The van der Waals surface area contributed by atoms with Gasteiger partial charge < -0.3 is 10.5 Å². The van der Waals surface area contributed by atoms with Crippen LogP contribution in [0.2, 0.25) is 0 Å². The summed E-state index contributed by atoms with van der Waals surface area (Å²) >= 11 is 1.52. The van der Waals surface area contributed by atoms with Gasteiger partial charge in [-0.25, -0.2) is 4.39 Å². The molecular weight excluding hydrogens is 289 g/mol. The molecule has 0 spiro atoms. The topological polar surface area (TPSA) is 52.3 Å². The molecule has 1 heterocycles. The van der Waals surface area contributed by atoms with E-state index in [1.807, 2.05) is 17.5 Å². The summed E-state index contributed by atoms with van der Waals surface area (Å²) in [6, 6.07) is 10.1. The first-order valence-corrected chi connectivity index (χ1v) is 7.66. The number of hydrogen-bond acceptors (Lipinski definition) is 4. The molecule has 112 valence electrons. The van der Waals surface area contributed by atoms with Crippen LogP contribution in [0.1, 0.15) is 17.4 Å². The molecule has 21 heavy (non-hydrogen) atoms. The second-order valence-corrected chi connectivity index (χ2v) is 5.77. The standard InChI is InChI=1S/C16H18FNO2S/c1-2-20-15(19)16(11-18,10-12-6-5-9-21-12)13-7-3-4-8-14(13)17/h3-9H,2,10-11,18H2,1H3. The molecule has 1 aromatic heterocycles. The van der Waals surface area contributed by atoms with Gasteiger partial charge >= 0.3 is 5.97 Å². The highest BCUT2D eigenvalue weighted by Crippen LogP contribution is 2.32. The van der Waals surface area contributed by atoms with Crippen LogP contribution >= 0.6 is 11.3 Å². The zero-order valence-electron chi connectivity index (χ0n) is 11.8. The van der Waals surface area contributed by atoms with Crippen molar-refractivity contribution in [3.63, 3.8) is 0 Å². The summed E-state index contributed by atoms with van der Waals surface area (Å²) < 4.78 is 19.4. The summed E-state index contributed by atoms with van der Waals surface area (Å²) in [4.78, 5) is 13.5. The van der Waals surface area contributed by atoms with Crippen molar-refractivity contribution in [3.8, 4) is 0 Å². The van der Waals surface area contributed by atoms with Gasteiger partial charge in [-0.2, -0.15) is 0 Å². The zero-order valence-corrected chi connectivity index (χ0v) is 12.7. The second-order valence-electron chi connectivity index (χ2n) is 4.74. The van der Waals surface area contributed by atoms with Crippen LogP contribution in [0.15, 0.2) is 41.8 Å². The van der Waals surface area contributed by atoms with E-state index in [9.17, 15) is 9.18 Å². The molecule has 0 aliphatic carbocycles. The van der Waals surface area contributed by atoms with E-state index >= 15 is 0 Å². The minimum atomic E-state index is -1.19. The zero-order chi connectivity index (χ0) is 15.3. The van der Waals surface area contributed by atoms with Gasteiger partial charge in [0.25, 0.3) is 0 Å². The first-order chi connectivity index (χ1) is 10.1. The Morgan fingerprint density at radius 1 is 1.33 bits per heavy atom. The molecule has 0 aliphatic heterocycles. The molecule has 3 nitrogen and oxygen atoms in total. The highest BCUT2D eigenvalue weighted by atomic mass is 32.1. The van der Waals surface area contributed by atoms with Crippen molar-refractivity contribution in [3.05, 3.63) is 58.0 Å². The molecule has 0 fully saturated rings. The summed E-state index contributed by atoms with van der Waals surface area (Å²) in [6.45, 7) is 1.95. The molecule has 0 saturated heterocycles. The Balaban J connectivity index is 2.51. The van der Waals surface area contributed by atoms with Gasteiger partial charge in [0.1, 0.15) is 11.2 Å². The van der Waals surface area contributed by atoms with Crippen LogP contribution in [-0.2, 0) is 21.4 Å². The maximum absolute atomic E-state index is 14.2. The second kappa shape index (κ2) is 6.83. The quantitative estimate of drug-likeness (QED) is 0.835. The van der Waals surface area contributed by atoms with Crippen LogP contribution in [0.25, 0.3) is 0 Å². The van der Waals surface area contributed by atoms with Crippen LogP contribution in [-0.4, -0.2) is 19.1 Å². The maximum Gasteiger partial charge on any atom is 0.318 e. The molecular formula is C16H18FNO2S. The number of ether oxygens (including phenoxy) is 1. The Morgan fingerprint density at radius 3 is 2.67 bits per heavy atom. The van der Waals surface area contributed by atoms with E-state index in [0.29, 0.717) is 12.0 Å². The van der Waals surface area contributed by atoms with Crippen LogP contribution < -0.4 is 5.73 Å². The summed E-state index contributed by atoms with van der Waals surface area (Å²) in [7, 11) is 0. The Morgan fingerprint density at radius 2 is 2.10 bits per heavy atom. The number of carbonyl (C=O) groups excluding carboxylic acids is 1. The maximum atomic E-state index is 14.2. The molecule has 2 aromatic rings. The van der Waals surface area contributed by atoms with Crippen molar-refractivity contribution in [1.29, 1.82) is 0 Å². The number of benzene rings is 1. The summed E-state index contributed by atoms with van der Waals surface area (Å²) in [5.74, 6) is -0.918. The highest BCUT2D eigenvalue weighted by Gasteiger charge is 2.42. The van der Waals surface area contributed by atoms with E-state index in [4.69, 9.17) is 10.5 Å². The predicted octanol–water partition coefficient (Wildman–Crippen LogP) is 2.89. The smallest absolute Gasteiger partial charge is 0.318 e. The minimum Gasteiger partial charge on any atom is -0.465 e. The lowest BCUT2D eigenvalue weighted by Crippen LogP contribution is -2.46. The lowest BCUT2D eigenvalue weighted by atomic mass is 9.76. The Bertz CT molecular complexity index is 600. The molecule has 5 heteroatoms. The summed E-state index contributed by atoms with van der Waals surface area (Å²) in [5.41, 5.74) is 5.00. The fourth-order valence-electron chi connectivity index (χ4n) is 2.37. The van der Waals surface area contributed by atoms with E-state index in [1.165, 1.54) is 17.4 Å². The number of hydrogen-bond donors (Lipinski definition) is 1. The molecule has 2 rings (SSSR count). The van der Waals surface area contributed by atoms with Gasteiger partial charge in [0, 0.05) is 23.4 Å². The SMILES string of the molecule is CCOC(=O)C(CN)(Cc1cccs1)c1ccccc1F. The van der Waals surface area contributed by atoms with Gasteiger partial charge in [-0.15, -0.1) is 11.3 Å². The van der Waals surface area contributed by atoms with E-state index in [2.05, 4.69) is 0 Å². The van der Waals surface area contributed by atoms with Crippen molar-refractivity contribution >= 4 is 17.3 Å². The monoisotopic (exact) mass is 307 g/mol. The van der Waals surface area contributed by atoms with E-state index < -0.39 is 17.2 Å². The lowest BCUT2D eigenvalue weighted by molar-refractivity contribution is -0.150. The lowest BCUT2D eigenvalue weighted by Gasteiger charge is -2.30. The minimum absolute atomic E-state index is 0.00926. The summed E-state index contributed by atoms with van der Waals surface area (Å²) in [5, 5.41) is 1.92. The number of esters is 1. The van der Waals surface area contributed by atoms with Gasteiger partial charge in [0.2, 0.25) is 0 Å². The van der Waals surface area contributed by atoms with Gasteiger partial charge in [-0.1, -0.05) is 24.3 Å². The third-order valence-electron chi connectivity index (χ3n) is 3.46. The molecule has 1 aromatic carbocycles. The average Bonchev–Trinajstić information content (AvgIpc) is 2.98. The molecule has 0 aliphatic rings. The van der Waals surface area contributed by atoms with Crippen molar-refractivity contribution in [1.82, 2.24) is 0 Å². The molecule has 2 N–H and O–H groups in total. The van der Waals surface area contributed by atoms with E-state index in [0.717, 1.165) is 4.88 Å². The number of nitrogens with two attached hydrogens (primary N) is 1. The molecule has 0 radical (unpaired) electrons. The third-order valence-corrected chi connectivity index (χ3v) is 4.34. The van der Waals surface area contributed by atoms with E-state index in [-0.39, 0.29) is 13.2 Å². The Hall–Kier alpha value is -1.72. The van der Waals surface area contributed by atoms with Crippen LogP contribution in [0.4, 0.5) is 4.39 Å². The molecule has 0 bridgehead atoms. The molecule has 0 amide bonds. The van der Waals surface area contributed by atoms with E-state index in [1.54, 1.807) is 25.1 Å². The van der Waals surface area contributed by atoms with Crippen molar-refractivity contribution in [2.45, 2.75) is 18.8 Å². The molecule has 0 saturated carbocycles. The first-order valence-electron chi connectivity index (χ1n) is 6.78. The normalized spacial score (nSPS) is 13.7. The van der Waals surface area contributed by atoms with Crippen molar-refractivity contribution in [2.24, 2.45) is 5.73 Å². The van der Waals surface area contributed by atoms with Gasteiger partial charge in [0.15, 0.2) is 0 Å². The average molecular weight is 307 g/mol. The number of carbonyl (C=O) groups is 1. The van der Waals surface area contributed by atoms with Gasteiger partial charge in [0.05, 0.1) is 6.61 Å². The van der Waals surface area contributed by atoms with Crippen LogP contribution in [0.5, 0.6) is 0 Å². The van der Waals surface area contributed by atoms with Crippen molar-refractivity contribution in [2.75, 3.05) is 13.2 Å². The first kappa shape index (κ1) is 15.7. The third kappa shape index (κ3) is 3.14. The number of rotatable bonds is 6. The van der Waals surface area contributed by atoms with Crippen LogP contribution in [0.3, 0.4) is 0 Å². The Labute approximate surface area is 127 Å². The fourth-order valence-corrected chi connectivity index (χ4v) is 3.19. The van der Waals surface area contributed by atoms with Gasteiger partial charge in [-0.05, 0) is 24.4 Å². The summed E-state index contributed by atoms with van der Waals surface area (Å²) in [6.07, 6.45) is 0.334. The van der Waals surface area contributed by atoms with Crippen LogP contribution in [0, 0.1) is 5.82 Å². The number of halogens is 1. The molecule has 1 atom stereocenters. The largest absolute Gasteiger partial charge is 0.465 e. The Kier molecular flexibility index (Phi) is 5.09. The van der Waals surface area contributed by atoms with Crippen molar-refractivity contribution < 1.29 is 13.9 Å². The number of thiophene rings is 1. The predicted molar refractivity (Wildman–Crippen MR) is 81.8 cm³/mol.